The maximum absolute atomic E-state index is 11.4. The first-order valence-electron chi connectivity index (χ1n) is 5.54. The van der Waals surface area contributed by atoms with Crippen LogP contribution in [0.2, 0.25) is 0 Å². The summed E-state index contributed by atoms with van der Waals surface area (Å²) in [5.74, 6) is -0.312. The molecule has 0 radical (unpaired) electrons. The molecule has 1 rings (SSSR count). The molecule has 0 aromatic rings. The summed E-state index contributed by atoms with van der Waals surface area (Å²) in [5, 5.41) is 5.46. The van der Waals surface area contributed by atoms with Crippen molar-refractivity contribution in [3.05, 3.63) is 0 Å². The number of carbonyl (C=O) groups is 2. The Morgan fingerprint density at radius 1 is 1.56 bits per heavy atom. The van der Waals surface area contributed by atoms with E-state index in [1.807, 2.05) is 4.90 Å². The SMILES string of the molecule is CCOC(=O)NC(=O)CN1CCN[C@@H](C)C1. The number of amides is 2. The molecule has 92 valence electrons. The third-order valence-electron chi connectivity index (χ3n) is 2.34. The lowest BCUT2D eigenvalue weighted by atomic mass is 10.2. The minimum atomic E-state index is -0.671. The van der Waals surface area contributed by atoms with Gasteiger partial charge in [0.25, 0.3) is 0 Å². The molecule has 0 aromatic carbocycles. The van der Waals surface area contributed by atoms with Crippen molar-refractivity contribution in [2.45, 2.75) is 19.9 Å². The predicted molar refractivity (Wildman–Crippen MR) is 59.1 cm³/mol. The van der Waals surface area contributed by atoms with E-state index in [4.69, 9.17) is 0 Å². The highest BCUT2D eigenvalue weighted by atomic mass is 16.5. The number of piperazine rings is 1. The third-order valence-corrected chi connectivity index (χ3v) is 2.34. The number of hydrogen-bond acceptors (Lipinski definition) is 5. The lowest BCUT2D eigenvalue weighted by Crippen LogP contribution is -2.52. The Balaban J connectivity index is 2.25. The van der Waals surface area contributed by atoms with Crippen LogP contribution < -0.4 is 10.6 Å². The lowest BCUT2D eigenvalue weighted by molar-refractivity contribution is -0.121. The van der Waals surface area contributed by atoms with Crippen LogP contribution in [0.4, 0.5) is 4.79 Å². The van der Waals surface area contributed by atoms with Crippen molar-refractivity contribution in [2.24, 2.45) is 0 Å². The first kappa shape index (κ1) is 12.9. The molecule has 0 unspecified atom stereocenters. The van der Waals surface area contributed by atoms with E-state index >= 15 is 0 Å². The topological polar surface area (TPSA) is 70.7 Å². The number of ether oxygens (including phenoxy) is 1. The van der Waals surface area contributed by atoms with Crippen molar-refractivity contribution in [3.8, 4) is 0 Å². The first-order valence-corrected chi connectivity index (χ1v) is 5.54. The average Bonchev–Trinajstić information content (AvgIpc) is 2.17. The van der Waals surface area contributed by atoms with Crippen LogP contribution in [0, 0.1) is 0 Å². The molecule has 2 amide bonds. The van der Waals surface area contributed by atoms with Gasteiger partial charge in [-0.1, -0.05) is 0 Å². The van der Waals surface area contributed by atoms with Gasteiger partial charge in [0.1, 0.15) is 0 Å². The van der Waals surface area contributed by atoms with Crippen LogP contribution in [0.1, 0.15) is 13.8 Å². The van der Waals surface area contributed by atoms with Gasteiger partial charge in [-0.15, -0.1) is 0 Å². The van der Waals surface area contributed by atoms with Crippen molar-refractivity contribution in [2.75, 3.05) is 32.8 Å². The van der Waals surface area contributed by atoms with Crippen molar-refractivity contribution >= 4 is 12.0 Å². The number of alkyl carbamates (subject to hydrolysis) is 1. The summed E-state index contributed by atoms with van der Waals surface area (Å²) in [6.45, 7) is 6.77. The number of nitrogens with one attached hydrogen (secondary N) is 2. The summed E-state index contributed by atoms with van der Waals surface area (Å²) in [6, 6.07) is 0.379. The molecule has 6 nitrogen and oxygen atoms in total. The second-order valence-electron chi connectivity index (χ2n) is 3.86. The van der Waals surface area contributed by atoms with Crippen LogP contribution in [0.15, 0.2) is 0 Å². The van der Waals surface area contributed by atoms with Gasteiger partial charge in [-0.2, -0.15) is 0 Å². The zero-order valence-corrected chi connectivity index (χ0v) is 9.78. The summed E-state index contributed by atoms with van der Waals surface area (Å²) in [7, 11) is 0. The van der Waals surface area contributed by atoms with E-state index < -0.39 is 6.09 Å². The van der Waals surface area contributed by atoms with Gasteiger partial charge in [-0.3, -0.25) is 15.0 Å². The largest absolute Gasteiger partial charge is 0.450 e. The van der Waals surface area contributed by atoms with E-state index in [0.717, 1.165) is 19.6 Å². The quantitative estimate of drug-likeness (QED) is 0.686. The van der Waals surface area contributed by atoms with Crippen LogP contribution in [0.25, 0.3) is 0 Å². The van der Waals surface area contributed by atoms with E-state index in [-0.39, 0.29) is 19.1 Å². The van der Waals surface area contributed by atoms with Gasteiger partial charge in [0.05, 0.1) is 13.2 Å². The Morgan fingerprint density at radius 3 is 2.94 bits per heavy atom. The van der Waals surface area contributed by atoms with Crippen molar-refractivity contribution in [1.82, 2.24) is 15.5 Å². The maximum Gasteiger partial charge on any atom is 0.413 e. The zero-order valence-electron chi connectivity index (χ0n) is 9.78. The van der Waals surface area contributed by atoms with Gasteiger partial charge in [0.2, 0.25) is 5.91 Å². The molecule has 1 aliphatic rings. The van der Waals surface area contributed by atoms with Gasteiger partial charge in [0, 0.05) is 25.7 Å². The molecule has 1 heterocycles. The molecule has 2 N–H and O–H groups in total. The smallest absolute Gasteiger partial charge is 0.413 e. The van der Waals surface area contributed by atoms with Gasteiger partial charge in [-0.25, -0.2) is 4.79 Å². The molecule has 0 bridgehead atoms. The highest BCUT2D eigenvalue weighted by molar-refractivity contribution is 5.92. The molecular weight excluding hydrogens is 210 g/mol. The predicted octanol–water partition coefficient (Wildman–Crippen LogP) is -0.447. The Hall–Kier alpha value is -1.14. The molecule has 1 aliphatic heterocycles. The van der Waals surface area contributed by atoms with Gasteiger partial charge < -0.3 is 10.1 Å². The molecule has 1 atom stereocenters. The Bertz CT molecular complexity index is 258. The second kappa shape index (κ2) is 6.44. The van der Waals surface area contributed by atoms with Crippen LogP contribution in [0.3, 0.4) is 0 Å². The molecular formula is C10H19N3O3. The normalized spacial score (nSPS) is 21.5. The van der Waals surface area contributed by atoms with Crippen molar-refractivity contribution in [3.63, 3.8) is 0 Å². The fraction of sp³-hybridized carbons (Fsp3) is 0.800. The number of rotatable bonds is 3. The van der Waals surface area contributed by atoms with Crippen molar-refractivity contribution in [1.29, 1.82) is 0 Å². The Labute approximate surface area is 95.3 Å². The molecule has 6 heteroatoms. The van der Waals surface area contributed by atoms with Crippen LogP contribution in [-0.2, 0) is 9.53 Å². The summed E-state index contributed by atoms with van der Waals surface area (Å²) < 4.78 is 4.62. The van der Waals surface area contributed by atoms with E-state index in [1.54, 1.807) is 6.92 Å². The molecule has 0 saturated carbocycles. The fourth-order valence-electron chi connectivity index (χ4n) is 1.68. The monoisotopic (exact) mass is 229 g/mol. The third kappa shape index (κ3) is 4.59. The highest BCUT2D eigenvalue weighted by Gasteiger charge is 2.18. The fourth-order valence-corrected chi connectivity index (χ4v) is 1.68. The average molecular weight is 229 g/mol. The minimum Gasteiger partial charge on any atom is -0.450 e. The molecule has 0 aromatic heterocycles. The Morgan fingerprint density at radius 2 is 2.31 bits per heavy atom. The summed E-state index contributed by atoms with van der Waals surface area (Å²) >= 11 is 0. The van der Waals surface area contributed by atoms with E-state index in [2.05, 4.69) is 22.3 Å². The molecule has 1 saturated heterocycles. The summed E-state index contributed by atoms with van der Waals surface area (Å²) in [6.07, 6.45) is -0.671. The Kier molecular flexibility index (Phi) is 5.21. The number of carbonyl (C=O) groups excluding carboxylic acids is 2. The minimum absolute atomic E-state index is 0.241. The van der Waals surface area contributed by atoms with Gasteiger partial charge in [-0.05, 0) is 13.8 Å². The number of hydrogen-bond donors (Lipinski definition) is 2. The second-order valence-corrected chi connectivity index (χ2v) is 3.86. The molecule has 16 heavy (non-hydrogen) atoms. The van der Waals surface area contributed by atoms with Gasteiger partial charge >= 0.3 is 6.09 Å². The summed E-state index contributed by atoms with van der Waals surface area (Å²) in [4.78, 5) is 24.4. The van der Waals surface area contributed by atoms with Crippen molar-refractivity contribution < 1.29 is 14.3 Å². The summed E-state index contributed by atoms with van der Waals surface area (Å²) in [5.41, 5.74) is 0. The maximum atomic E-state index is 11.4. The van der Waals surface area contributed by atoms with E-state index in [0.29, 0.717) is 6.04 Å². The van der Waals surface area contributed by atoms with Crippen LogP contribution in [0.5, 0.6) is 0 Å². The van der Waals surface area contributed by atoms with Gasteiger partial charge in [0.15, 0.2) is 0 Å². The molecule has 0 spiro atoms. The standard InChI is InChI=1S/C10H19N3O3/c1-3-16-10(15)12-9(14)7-13-5-4-11-8(2)6-13/h8,11H,3-7H2,1-2H3,(H,12,14,15)/t8-/m0/s1. The first-order chi connectivity index (χ1) is 7.61. The van der Waals surface area contributed by atoms with Crippen LogP contribution in [-0.4, -0.2) is 55.7 Å². The molecule has 1 fully saturated rings. The van der Waals surface area contributed by atoms with Crippen LogP contribution >= 0.6 is 0 Å². The zero-order chi connectivity index (χ0) is 12.0. The van der Waals surface area contributed by atoms with E-state index in [1.165, 1.54) is 0 Å². The number of nitrogens with zero attached hydrogens (tertiary/aromatic N) is 1. The molecule has 0 aliphatic carbocycles. The highest BCUT2D eigenvalue weighted by Crippen LogP contribution is 1.97. The number of imide groups is 1. The lowest BCUT2D eigenvalue weighted by Gasteiger charge is -2.30. The van der Waals surface area contributed by atoms with E-state index in [9.17, 15) is 9.59 Å².